The Morgan fingerprint density at radius 2 is 1.40 bits per heavy atom. The molecule has 164 valence electrons. The highest BCUT2D eigenvalue weighted by atomic mass is 16.2. The molecule has 0 spiro atoms. The summed E-state index contributed by atoms with van der Waals surface area (Å²) < 4.78 is 0. The largest absolute Gasteiger partial charge is 0.334 e. The van der Waals surface area contributed by atoms with E-state index >= 15 is 0 Å². The Labute approximate surface area is 183 Å². The lowest BCUT2D eigenvalue weighted by Crippen LogP contribution is -2.29. The Hall–Kier alpha value is -2.62. The van der Waals surface area contributed by atoms with E-state index in [9.17, 15) is 4.79 Å². The number of anilines is 1. The van der Waals surface area contributed by atoms with Crippen molar-refractivity contribution in [2.24, 2.45) is 0 Å². The average molecular weight is 410 g/mol. The quantitative estimate of drug-likeness (QED) is 0.355. The van der Waals surface area contributed by atoms with Gasteiger partial charge in [-0.3, -0.25) is 5.32 Å². The second-order valence-corrected chi connectivity index (χ2v) is 8.10. The van der Waals surface area contributed by atoms with E-state index in [0.717, 1.165) is 38.5 Å². The van der Waals surface area contributed by atoms with Crippen molar-refractivity contribution >= 4 is 11.8 Å². The first-order chi connectivity index (χ1) is 14.4. The molecule has 0 unspecified atom stereocenters. The molecule has 0 atom stereocenters. The number of hydrogen-bond donors (Lipinski definition) is 2. The van der Waals surface area contributed by atoms with Gasteiger partial charge in [-0.2, -0.15) is 0 Å². The fourth-order valence-electron chi connectivity index (χ4n) is 2.90. The number of carbonyl (C=O) groups excluding carboxylic acids is 1. The van der Waals surface area contributed by atoms with Crippen LogP contribution < -0.4 is 10.6 Å². The molecule has 1 heterocycles. The maximum atomic E-state index is 11.8. The van der Waals surface area contributed by atoms with Crippen molar-refractivity contribution < 1.29 is 4.79 Å². The Bertz CT molecular complexity index is 754. The molecule has 0 bridgehead atoms. The Kier molecular flexibility index (Phi) is 12.9. The van der Waals surface area contributed by atoms with Crippen molar-refractivity contribution in [2.75, 3.05) is 11.9 Å². The molecule has 1 rings (SSSR count). The van der Waals surface area contributed by atoms with E-state index in [1.807, 2.05) is 12.1 Å². The summed E-state index contributed by atoms with van der Waals surface area (Å²) >= 11 is 0. The van der Waals surface area contributed by atoms with Gasteiger partial charge in [0.1, 0.15) is 5.82 Å². The minimum absolute atomic E-state index is 0.238. The Morgan fingerprint density at radius 1 is 0.833 bits per heavy atom. The van der Waals surface area contributed by atoms with Gasteiger partial charge in [0, 0.05) is 12.7 Å². The van der Waals surface area contributed by atoms with Crippen LogP contribution in [0.25, 0.3) is 0 Å². The zero-order valence-corrected chi connectivity index (χ0v) is 19.4. The van der Waals surface area contributed by atoms with Gasteiger partial charge in [0.15, 0.2) is 0 Å². The summed E-state index contributed by atoms with van der Waals surface area (Å²) in [4.78, 5) is 15.9. The number of urea groups is 1. The number of allylic oxidation sites excluding steroid dienone is 7. The predicted molar refractivity (Wildman–Crippen MR) is 130 cm³/mol. The molecule has 0 saturated heterocycles. The van der Waals surface area contributed by atoms with E-state index in [-0.39, 0.29) is 6.03 Å². The minimum atomic E-state index is -0.238. The van der Waals surface area contributed by atoms with Crippen molar-refractivity contribution in [1.29, 1.82) is 0 Å². The third kappa shape index (κ3) is 13.5. The number of amides is 2. The van der Waals surface area contributed by atoms with Crippen LogP contribution in [0, 0.1) is 0 Å². The molecule has 0 fully saturated rings. The normalized spacial score (nSPS) is 12.5. The first kappa shape index (κ1) is 25.4. The maximum absolute atomic E-state index is 11.8. The molecule has 0 aliphatic carbocycles. The highest BCUT2D eigenvalue weighted by molar-refractivity contribution is 5.88. The van der Waals surface area contributed by atoms with Crippen LogP contribution in [0.3, 0.4) is 0 Å². The third-order valence-electron chi connectivity index (χ3n) is 4.77. The Balaban J connectivity index is 2.21. The summed E-state index contributed by atoms with van der Waals surface area (Å²) in [6.45, 7) is 11.4. The number of pyridine rings is 1. The lowest BCUT2D eigenvalue weighted by atomic mass is 10.0. The van der Waals surface area contributed by atoms with Crippen LogP contribution >= 0.6 is 0 Å². The molecular formula is C26H39N3O. The van der Waals surface area contributed by atoms with E-state index in [1.165, 1.54) is 22.3 Å². The van der Waals surface area contributed by atoms with E-state index in [4.69, 9.17) is 0 Å². The van der Waals surface area contributed by atoms with Gasteiger partial charge in [0.05, 0.1) is 0 Å². The van der Waals surface area contributed by atoms with Gasteiger partial charge in [0.2, 0.25) is 0 Å². The molecule has 2 amide bonds. The summed E-state index contributed by atoms with van der Waals surface area (Å²) in [5.41, 5.74) is 5.62. The number of nitrogens with one attached hydrogen (secondary N) is 2. The van der Waals surface area contributed by atoms with Crippen LogP contribution in [0.15, 0.2) is 71.0 Å². The van der Waals surface area contributed by atoms with Crippen LogP contribution in [0.2, 0.25) is 0 Å². The van der Waals surface area contributed by atoms with Gasteiger partial charge in [-0.1, -0.05) is 52.7 Å². The maximum Gasteiger partial charge on any atom is 0.320 e. The summed E-state index contributed by atoms with van der Waals surface area (Å²) in [6.07, 6.45) is 17.3. The molecule has 0 saturated carbocycles. The van der Waals surface area contributed by atoms with Gasteiger partial charge in [-0.15, -0.1) is 0 Å². The van der Waals surface area contributed by atoms with Crippen molar-refractivity contribution in [1.82, 2.24) is 10.3 Å². The molecule has 0 radical (unpaired) electrons. The molecule has 4 nitrogen and oxygen atoms in total. The van der Waals surface area contributed by atoms with Gasteiger partial charge in [-0.05, 0) is 85.3 Å². The molecule has 2 N–H and O–H groups in total. The predicted octanol–water partition coefficient (Wildman–Crippen LogP) is 7.35. The van der Waals surface area contributed by atoms with Crippen molar-refractivity contribution in [2.45, 2.75) is 73.1 Å². The van der Waals surface area contributed by atoms with E-state index in [0.29, 0.717) is 12.4 Å². The summed E-state index contributed by atoms with van der Waals surface area (Å²) in [7, 11) is 0. The lowest BCUT2D eigenvalue weighted by Gasteiger charge is -2.05. The molecule has 1 aromatic heterocycles. The van der Waals surface area contributed by atoms with Gasteiger partial charge >= 0.3 is 6.03 Å². The lowest BCUT2D eigenvalue weighted by molar-refractivity contribution is 0.253. The van der Waals surface area contributed by atoms with Crippen LogP contribution in [0.1, 0.15) is 73.1 Å². The second-order valence-electron chi connectivity index (χ2n) is 8.10. The number of hydrogen-bond acceptors (Lipinski definition) is 2. The zero-order chi connectivity index (χ0) is 22.2. The summed E-state index contributed by atoms with van der Waals surface area (Å²) in [6, 6.07) is 5.18. The SMILES string of the molecule is CC(C)=CCC/C(C)=C/CC/C(C)=C/CC/C(C)=C/CNC(=O)Nc1ccccn1. The topological polar surface area (TPSA) is 54.0 Å². The standard InChI is InChI=1S/C26H39N3O/c1-21(2)11-8-12-22(3)13-9-14-23(4)15-10-16-24(5)18-20-28-26(30)29-25-17-6-7-19-27-25/h6-7,11,13,15,17-19H,8-10,12,14,16,20H2,1-5H3,(H2,27,28,29,30)/b22-13+,23-15+,24-18+. The summed E-state index contributed by atoms with van der Waals surface area (Å²) in [5.74, 6) is 0.550. The van der Waals surface area contributed by atoms with Crippen LogP contribution in [0.5, 0.6) is 0 Å². The molecule has 30 heavy (non-hydrogen) atoms. The smallest absolute Gasteiger partial charge is 0.320 e. The molecule has 0 aliphatic rings. The van der Waals surface area contributed by atoms with Crippen molar-refractivity contribution in [3.05, 3.63) is 71.0 Å². The molecule has 0 aromatic carbocycles. The van der Waals surface area contributed by atoms with Gasteiger partial charge in [-0.25, -0.2) is 9.78 Å². The van der Waals surface area contributed by atoms with Crippen LogP contribution in [-0.2, 0) is 0 Å². The van der Waals surface area contributed by atoms with Crippen molar-refractivity contribution in [3.8, 4) is 0 Å². The summed E-state index contributed by atoms with van der Waals surface area (Å²) in [5, 5.41) is 5.54. The highest BCUT2D eigenvalue weighted by Crippen LogP contribution is 2.13. The van der Waals surface area contributed by atoms with E-state index < -0.39 is 0 Å². The fraction of sp³-hybridized carbons (Fsp3) is 0.462. The average Bonchev–Trinajstić information content (AvgIpc) is 2.68. The molecule has 4 heteroatoms. The molecule has 0 aliphatic heterocycles. The van der Waals surface area contributed by atoms with Gasteiger partial charge < -0.3 is 5.32 Å². The number of rotatable bonds is 12. The van der Waals surface area contributed by atoms with Crippen LogP contribution in [0.4, 0.5) is 10.6 Å². The first-order valence-corrected chi connectivity index (χ1v) is 10.9. The minimum Gasteiger partial charge on any atom is -0.334 e. The van der Waals surface area contributed by atoms with Crippen LogP contribution in [-0.4, -0.2) is 17.6 Å². The Morgan fingerprint density at radius 3 is 1.93 bits per heavy atom. The zero-order valence-electron chi connectivity index (χ0n) is 19.4. The molecule has 1 aromatic rings. The highest BCUT2D eigenvalue weighted by Gasteiger charge is 2.00. The van der Waals surface area contributed by atoms with Gasteiger partial charge in [0.25, 0.3) is 0 Å². The van der Waals surface area contributed by atoms with Crippen molar-refractivity contribution in [3.63, 3.8) is 0 Å². The molecular weight excluding hydrogens is 370 g/mol. The number of carbonyl (C=O) groups is 1. The number of nitrogens with zero attached hydrogens (tertiary/aromatic N) is 1. The number of aromatic nitrogens is 1. The fourth-order valence-corrected chi connectivity index (χ4v) is 2.90. The monoisotopic (exact) mass is 409 g/mol. The van der Waals surface area contributed by atoms with E-state index in [2.05, 4.69) is 74.5 Å². The second kappa shape index (κ2) is 15.3. The van der Waals surface area contributed by atoms with E-state index in [1.54, 1.807) is 12.3 Å². The third-order valence-corrected chi connectivity index (χ3v) is 4.77. The first-order valence-electron chi connectivity index (χ1n) is 10.9.